The summed E-state index contributed by atoms with van der Waals surface area (Å²) in [4.78, 5) is 29.4. The van der Waals surface area contributed by atoms with Crippen LogP contribution in [0.25, 0.3) is 5.76 Å². The number of likely N-dealkylation sites (tertiary alicyclic amines) is 1. The van der Waals surface area contributed by atoms with E-state index in [0.29, 0.717) is 23.6 Å². The van der Waals surface area contributed by atoms with Gasteiger partial charge in [-0.05, 0) is 81.9 Å². The molecule has 0 radical (unpaired) electrons. The van der Waals surface area contributed by atoms with Crippen molar-refractivity contribution in [1.29, 1.82) is 0 Å². The lowest BCUT2D eigenvalue weighted by atomic mass is 9.94. The molecule has 0 spiro atoms. The molecule has 0 saturated carbocycles. The molecule has 31 heavy (non-hydrogen) atoms. The van der Waals surface area contributed by atoms with Crippen LogP contribution in [0.1, 0.15) is 34.7 Å². The third kappa shape index (κ3) is 4.60. The van der Waals surface area contributed by atoms with E-state index in [-0.39, 0.29) is 22.6 Å². The van der Waals surface area contributed by atoms with E-state index in [4.69, 9.17) is 11.6 Å². The Kier molecular flexibility index (Phi) is 6.72. The second kappa shape index (κ2) is 9.12. The summed E-state index contributed by atoms with van der Waals surface area (Å²) in [5.74, 6) is -1.95. The lowest BCUT2D eigenvalue weighted by Crippen LogP contribution is -2.32. The van der Waals surface area contributed by atoms with Gasteiger partial charge in [-0.3, -0.25) is 9.59 Å². The van der Waals surface area contributed by atoms with Gasteiger partial charge in [-0.2, -0.15) is 0 Å². The van der Waals surface area contributed by atoms with Crippen molar-refractivity contribution in [2.75, 3.05) is 27.2 Å². The fraction of sp³-hybridized carbons (Fsp3) is 0.333. The van der Waals surface area contributed by atoms with Crippen LogP contribution in [0.5, 0.6) is 5.75 Å². The van der Waals surface area contributed by atoms with E-state index in [0.717, 1.165) is 17.7 Å². The molecule has 2 aromatic carbocycles. The number of phenols is 1. The molecule has 2 N–H and O–H groups in total. The monoisotopic (exact) mass is 442 g/mol. The van der Waals surface area contributed by atoms with E-state index in [1.54, 1.807) is 30.3 Å². The summed E-state index contributed by atoms with van der Waals surface area (Å²) in [5.41, 5.74) is 2.47. The number of halogens is 1. The highest BCUT2D eigenvalue weighted by Crippen LogP contribution is 2.41. The van der Waals surface area contributed by atoms with Gasteiger partial charge in [-0.25, -0.2) is 0 Å². The minimum atomic E-state index is -0.764. The van der Waals surface area contributed by atoms with Crippen LogP contribution in [0.3, 0.4) is 0 Å². The first-order valence-electron chi connectivity index (χ1n) is 10.1. The molecule has 3 rings (SSSR count). The normalized spacial score (nSPS) is 18.3. The van der Waals surface area contributed by atoms with Crippen LogP contribution in [0.15, 0.2) is 42.0 Å². The lowest BCUT2D eigenvalue weighted by Gasteiger charge is -2.26. The molecule has 0 aliphatic carbocycles. The summed E-state index contributed by atoms with van der Waals surface area (Å²) in [6.07, 6.45) is 0.666. The van der Waals surface area contributed by atoms with E-state index in [9.17, 15) is 19.8 Å². The van der Waals surface area contributed by atoms with Crippen molar-refractivity contribution >= 4 is 29.1 Å². The highest BCUT2D eigenvalue weighted by atomic mass is 35.5. The number of carbonyl (C=O) groups excluding carboxylic acids is 2. The van der Waals surface area contributed by atoms with Crippen LogP contribution in [0.4, 0.5) is 0 Å². The third-order valence-corrected chi connectivity index (χ3v) is 5.85. The first-order chi connectivity index (χ1) is 14.6. The Labute approximate surface area is 187 Å². The average molecular weight is 443 g/mol. The minimum absolute atomic E-state index is 0.0317. The average Bonchev–Trinajstić information content (AvgIpc) is 2.95. The molecule has 0 aromatic heterocycles. The van der Waals surface area contributed by atoms with Gasteiger partial charge in [0.15, 0.2) is 0 Å². The third-order valence-electron chi connectivity index (χ3n) is 5.60. The standard InChI is InChI=1S/C24H27ClN2O4/c1-14-12-18(19(28)13-15(14)2)22(29)20-21(16-6-8-17(25)9-7-16)27(24(31)23(20)30)11-5-10-26(3)4/h6-9,12-13,21,28-29H,5,10-11H2,1-4H3/t21-/m1/s1. The van der Waals surface area contributed by atoms with Gasteiger partial charge in [0, 0.05) is 11.6 Å². The second-order valence-electron chi connectivity index (χ2n) is 8.15. The van der Waals surface area contributed by atoms with Crippen LogP contribution < -0.4 is 0 Å². The summed E-state index contributed by atoms with van der Waals surface area (Å²) in [6.45, 7) is 4.79. The van der Waals surface area contributed by atoms with E-state index >= 15 is 0 Å². The Balaban J connectivity index is 2.15. The Bertz CT molecular complexity index is 1040. The van der Waals surface area contributed by atoms with Crippen molar-refractivity contribution in [3.63, 3.8) is 0 Å². The topological polar surface area (TPSA) is 81.1 Å². The molecule has 164 valence electrons. The Morgan fingerprint density at radius 3 is 2.32 bits per heavy atom. The lowest BCUT2D eigenvalue weighted by molar-refractivity contribution is -0.139. The number of rotatable bonds is 6. The van der Waals surface area contributed by atoms with E-state index < -0.39 is 17.7 Å². The number of carbonyl (C=O) groups is 2. The molecule has 1 aliphatic rings. The zero-order chi connectivity index (χ0) is 22.9. The Morgan fingerprint density at radius 1 is 1.10 bits per heavy atom. The van der Waals surface area contributed by atoms with Crippen LogP contribution in [0.2, 0.25) is 5.02 Å². The molecule has 0 bridgehead atoms. The largest absolute Gasteiger partial charge is 0.507 e. The molecule has 1 aliphatic heterocycles. The number of phenolic OH excluding ortho intramolecular Hbond substituents is 1. The summed E-state index contributed by atoms with van der Waals surface area (Å²) in [6, 6.07) is 9.25. The summed E-state index contributed by atoms with van der Waals surface area (Å²) in [7, 11) is 3.88. The summed E-state index contributed by atoms with van der Waals surface area (Å²) >= 11 is 6.03. The molecular formula is C24H27ClN2O4. The van der Waals surface area contributed by atoms with Crippen molar-refractivity contribution in [1.82, 2.24) is 9.80 Å². The van der Waals surface area contributed by atoms with Crippen LogP contribution >= 0.6 is 11.6 Å². The van der Waals surface area contributed by atoms with Crippen LogP contribution in [-0.4, -0.2) is 58.9 Å². The van der Waals surface area contributed by atoms with Gasteiger partial charge in [0.1, 0.15) is 11.5 Å². The quantitative estimate of drug-likeness (QED) is 0.401. The van der Waals surface area contributed by atoms with E-state index in [1.807, 2.05) is 32.8 Å². The molecule has 1 amide bonds. The van der Waals surface area contributed by atoms with Crippen molar-refractivity contribution in [3.05, 3.63) is 69.2 Å². The smallest absolute Gasteiger partial charge is 0.295 e. The van der Waals surface area contributed by atoms with Crippen molar-refractivity contribution in [3.8, 4) is 5.75 Å². The molecular weight excluding hydrogens is 416 g/mol. The Morgan fingerprint density at radius 2 is 1.71 bits per heavy atom. The van der Waals surface area contributed by atoms with Crippen molar-refractivity contribution in [2.45, 2.75) is 26.3 Å². The maximum absolute atomic E-state index is 13.0. The highest BCUT2D eigenvalue weighted by molar-refractivity contribution is 6.46. The molecule has 2 aromatic rings. The molecule has 7 heteroatoms. The predicted octanol–water partition coefficient (Wildman–Crippen LogP) is 4.04. The van der Waals surface area contributed by atoms with E-state index in [1.165, 1.54) is 11.0 Å². The van der Waals surface area contributed by atoms with Gasteiger partial charge in [0.2, 0.25) is 0 Å². The van der Waals surface area contributed by atoms with Gasteiger partial charge in [0.05, 0.1) is 17.2 Å². The van der Waals surface area contributed by atoms with Gasteiger partial charge < -0.3 is 20.0 Å². The summed E-state index contributed by atoms with van der Waals surface area (Å²) < 4.78 is 0. The number of ketones is 1. The Hall–Kier alpha value is -2.83. The van der Waals surface area contributed by atoms with Crippen molar-refractivity contribution in [2.24, 2.45) is 0 Å². The number of aliphatic hydroxyl groups excluding tert-OH is 1. The summed E-state index contributed by atoms with van der Waals surface area (Å²) in [5, 5.41) is 22.1. The zero-order valence-electron chi connectivity index (χ0n) is 18.1. The minimum Gasteiger partial charge on any atom is -0.507 e. The van der Waals surface area contributed by atoms with E-state index in [2.05, 4.69) is 0 Å². The first-order valence-corrected chi connectivity index (χ1v) is 10.5. The maximum atomic E-state index is 13.0. The second-order valence-corrected chi connectivity index (χ2v) is 8.59. The zero-order valence-corrected chi connectivity index (χ0v) is 18.9. The number of nitrogens with zero attached hydrogens (tertiary/aromatic N) is 2. The van der Waals surface area contributed by atoms with Crippen molar-refractivity contribution < 1.29 is 19.8 Å². The number of aromatic hydroxyl groups is 1. The number of benzene rings is 2. The number of Topliss-reactive ketones (excluding diaryl/α,β-unsaturated/α-hetero) is 1. The molecule has 1 atom stereocenters. The van der Waals surface area contributed by atoms with Gasteiger partial charge in [-0.15, -0.1) is 0 Å². The first kappa shape index (κ1) is 22.8. The SMILES string of the molecule is Cc1cc(O)c(C(O)=C2C(=O)C(=O)N(CCCN(C)C)[C@@H]2c2ccc(Cl)cc2)cc1C. The highest BCUT2D eigenvalue weighted by Gasteiger charge is 2.46. The molecule has 1 saturated heterocycles. The fourth-order valence-corrected chi connectivity index (χ4v) is 3.92. The number of aryl methyl sites for hydroxylation is 2. The van der Waals surface area contributed by atoms with Gasteiger partial charge in [0.25, 0.3) is 11.7 Å². The molecule has 1 fully saturated rings. The van der Waals surface area contributed by atoms with Crippen LogP contribution in [0, 0.1) is 13.8 Å². The van der Waals surface area contributed by atoms with Gasteiger partial charge in [-0.1, -0.05) is 23.7 Å². The number of hydrogen-bond donors (Lipinski definition) is 2. The molecule has 6 nitrogen and oxygen atoms in total. The van der Waals surface area contributed by atoms with Crippen LogP contribution in [-0.2, 0) is 9.59 Å². The number of hydrogen-bond acceptors (Lipinski definition) is 5. The fourth-order valence-electron chi connectivity index (χ4n) is 3.80. The number of amides is 1. The van der Waals surface area contributed by atoms with Gasteiger partial charge >= 0.3 is 0 Å². The number of aliphatic hydroxyl groups is 1. The maximum Gasteiger partial charge on any atom is 0.295 e. The predicted molar refractivity (Wildman–Crippen MR) is 121 cm³/mol. The molecule has 0 unspecified atom stereocenters. The molecule has 1 heterocycles.